The monoisotopic (exact) mass is 586 g/mol. The van der Waals surface area contributed by atoms with E-state index in [0.717, 1.165) is 25.8 Å². The minimum Gasteiger partial charge on any atom is -0.490 e. The molecule has 5 nitrogen and oxygen atoms in total. The lowest BCUT2D eigenvalue weighted by Gasteiger charge is -2.15. The van der Waals surface area contributed by atoms with E-state index in [9.17, 15) is 4.79 Å². The Kier molecular flexibility index (Phi) is 7.90. The Balaban J connectivity index is 1.57. The van der Waals surface area contributed by atoms with Gasteiger partial charge in [-0.25, -0.2) is 4.99 Å². The molecule has 1 saturated heterocycles. The summed E-state index contributed by atoms with van der Waals surface area (Å²) in [5.41, 5.74) is 2.63. The second-order valence-corrected chi connectivity index (χ2v) is 9.71. The third-order valence-electron chi connectivity index (χ3n) is 4.58. The molecule has 1 aliphatic heterocycles. The number of thioether (sulfide) groups is 1. The molecule has 0 atom stereocenters. The van der Waals surface area contributed by atoms with Crippen molar-refractivity contribution in [3.05, 3.63) is 91.7 Å². The van der Waals surface area contributed by atoms with E-state index in [0.29, 0.717) is 34.8 Å². The van der Waals surface area contributed by atoms with Crippen molar-refractivity contribution in [1.82, 2.24) is 5.32 Å². The maximum atomic E-state index is 12.5. The first-order chi connectivity index (χ1) is 16.0. The van der Waals surface area contributed by atoms with Crippen LogP contribution in [0.3, 0.4) is 0 Å². The molecule has 0 spiro atoms. The molecule has 1 amide bonds. The SMILES string of the molecule is CCOc1cc(/C=C2/SC(=Nc3ccccc3Br)NC2=O)cc(Br)c1OCc1ccccc1. The van der Waals surface area contributed by atoms with Crippen LogP contribution in [0.5, 0.6) is 11.5 Å². The maximum absolute atomic E-state index is 12.5. The normalized spacial score (nSPS) is 15.7. The van der Waals surface area contributed by atoms with Crippen molar-refractivity contribution >= 4 is 66.5 Å². The van der Waals surface area contributed by atoms with Crippen LogP contribution in [0.1, 0.15) is 18.1 Å². The predicted molar refractivity (Wildman–Crippen MR) is 141 cm³/mol. The van der Waals surface area contributed by atoms with E-state index in [1.165, 1.54) is 11.8 Å². The van der Waals surface area contributed by atoms with Gasteiger partial charge in [-0.2, -0.15) is 0 Å². The quantitative estimate of drug-likeness (QED) is 0.300. The summed E-state index contributed by atoms with van der Waals surface area (Å²) < 4.78 is 13.5. The second-order valence-electron chi connectivity index (χ2n) is 6.97. The molecule has 8 heteroatoms. The summed E-state index contributed by atoms with van der Waals surface area (Å²) in [5.74, 6) is 1.05. The third-order valence-corrected chi connectivity index (χ3v) is 6.75. The van der Waals surface area contributed by atoms with Crippen LogP contribution in [0.25, 0.3) is 6.08 Å². The Hall–Kier alpha value is -2.55. The molecular weight excluding hydrogens is 568 g/mol. The predicted octanol–water partition coefficient (Wildman–Crippen LogP) is 7.08. The molecular formula is C25H20Br2N2O3S. The average molecular weight is 588 g/mol. The van der Waals surface area contributed by atoms with Gasteiger partial charge in [0.15, 0.2) is 16.7 Å². The van der Waals surface area contributed by atoms with Crippen LogP contribution in [-0.4, -0.2) is 17.7 Å². The molecule has 3 aromatic carbocycles. The Morgan fingerprint density at radius 1 is 1.00 bits per heavy atom. The van der Waals surface area contributed by atoms with Crippen molar-refractivity contribution in [3.8, 4) is 11.5 Å². The highest BCUT2D eigenvalue weighted by Crippen LogP contribution is 2.39. The molecule has 1 aliphatic rings. The van der Waals surface area contributed by atoms with E-state index >= 15 is 0 Å². The summed E-state index contributed by atoms with van der Waals surface area (Å²) in [6, 6.07) is 21.3. The molecule has 0 aromatic heterocycles. The van der Waals surface area contributed by atoms with Gasteiger partial charge in [-0.3, -0.25) is 4.79 Å². The summed E-state index contributed by atoms with van der Waals surface area (Å²) in [4.78, 5) is 17.6. The summed E-state index contributed by atoms with van der Waals surface area (Å²) in [6.07, 6.45) is 1.82. The topological polar surface area (TPSA) is 59.9 Å². The molecule has 1 fully saturated rings. The van der Waals surface area contributed by atoms with Crippen LogP contribution in [0.15, 0.2) is 85.6 Å². The number of para-hydroxylation sites is 1. The van der Waals surface area contributed by atoms with Gasteiger partial charge >= 0.3 is 0 Å². The van der Waals surface area contributed by atoms with Gasteiger partial charge in [-0.05, 0) is 92.0 Å². The third kappa shape index (κ3) is 6.07. The number of nitrogens with one attached hydrogen (secondary N) is 1. The van der Waals surface area contributed by atoms with Crippen molar-refractivity contribution < 1.29 is 14.3 Å². The minimum absolute atomic E-state index is 0.190. The van der Waals surface area contributed by atoms with Gasteiger partial charge in [0.2, 0.25) is 0 Å². The molecule has 33 heavy (non-hydrogen) atoms. The molecule has 0 saturated carbocycles. The number of halogens is 2. The highest BCUT2D eigenvalue weighted by molar-refractivity contribution is 9.11. The highest BCUT2D eigenvalue weighted by Gasteiger charge is 2.24. The van der Waals surface area contributed by atoms with Gasteiger partial charge in [0.1, 0.15) is 6.61 Å². The zero-order valence-electron chi connectivity index (χ0n) is 17.7. The van der Waals surface area contributed by atoms with E-state index in [1.54, 1.807) is 0 Å². The second kappa shape index (κ2) is 11.0. The summed E-state index contributed by atoms with van der Waals surface area (Å²) in [5, 5.41) is 3.35. The van der Waals surface area contributed by atoms with Crippen LogP contribution >= 0.6 is 43.6 Å². The molecule has 1 heterocycles. The lowest BCUT2D eigenvalue weighted by Crippen LogP contribution is -2.19. The molecule has 0 unspecified atom stereocenters. The number of ether oxygens (including phenoxy) is 2. The lowest BCUT2D eigenvalue weighted by atomic mass is 10.1. The van der Waals surface area contributed by atoms with E-state index < -0.39 is 0 Å². The Morgan fingerprint density at radius 3 is 2.52 bits per heavy atom. The Morgan fingerprint density at radius 2 is 1.76 bits per heavy atom. The van der Waals surface area contributed by atoms with Crippen molar-refractivity contribution in [2.24, 2.45) is 4.99 Å². The largest absolute Gasteiger partial charge is 0.490 e. The summed E-state index contributed by atoms with van der Waals surface area (Å²) >= 11 is 8.37. The standard InChI is InChI=1S/C25H20Br2N2O3S/c1-2-31-21-13-17(12-19(27)23(21)32-15-16-8-4-3-5-9-16)14-22-24(30)29-25(33-22)28-20-11-7-6-10-18(20)26/h3-14H,2,15H2,1H3,(H,28,29,30)/b22-14+. The molecule has 1 N–H and O–H groups in total. The Bertz CT molecular complexity index is 1230. The van der Waals surface area contributed by atoms with Gasteiger partial charge < -0.3 is 14.8 Å². The molecule has 3 aromatic rings. The van der Waals surface area contributed by atoms with Gasteiger partial charge in [-0.15, -0.1) is 0 Å². The van der Waals surface area contributed by atoms with E-state index in [4.69, 9.17) is 9.47 Å². The fourth-order valence-corrected chi connectivity index (χ4v) is 4.87. The minimum atomic E-state index is -0.190. The summed E-state index contributed by atoms with van der Waals surface area (Å²) in [7, 11) is 0. The summed E-state index contributed by atoms with van der Waals surface area (Å²) in [6.45, 7) is 2.84. The molecule has 4 rings (SSSR count). The number of hydrogen-bond acceptors (Lipinski definition) is 5. The Labute approximate surface area is 213 Å². The van der Waals surface area contributed by atoms with Crippen LogP contribution in [-0.2, 0) is 11.4 Å². The van der Waals surface area contributed by atoms with Crippen molar-refractivity contribution in [2.45, 2.75) is 13.5 Å². The first kappa shape index (κ1) is 23.6. The number of nitrogens with zero attached hydrogens (tertiary/aromatic N) is 1. The number of carbonyl (C=O) groups excluding carboxylic acids is 1. The van der Waals surface area contributed by atoms with E-state index in [2.05, 4.69) is 42.2 Å². The fourth-order valence-electron chi connectivity index (χ4n) is 3.09. The number of amidine groups is 1. The van der Waals surface area contributed by atoms with Crippen molar-refractivity contribution in [2.75, 3.05) is 6.61 Å². The number of carbonyl (C=O) groups is 1. The molecule has 0 bridgehead atoms. The van der Waals surface area contributed by atoms with Gasteiger partial charge in [0.05, 0.1) is 21.7 Å². The number of amides is 1. The fraction of sp³-hybridized carbons (Fsp3) is 0.120. The smallest absolute Gasteiger partial charge is 0.264 e. The zero-order valence-corrected chi connectivity index (χ0v) is 21.7. The van der Waals surface area contributed by atoms with Crippen LogP contribution < -0.4 is 14.8 Å². The lowest BCUT2D eigenvalue weighted by molar-refractivity contribution is -0.115. The van der Waals surface area contributed by atoms with Crippen LogP contribution in [0, 0.1) is 0 Å². The van der Waals surface area contributed by atoms with Gasteiger partial charge in [-0.1, -0.05) is 42.5 Å². The van der Waals surface area contributed by atoms with Gasteiger partial charge in [0, 0.05) is 4.47 Å². The van der Waals surface area contributed by atoms with Crippen LogP contribution in [0.2, 0.25) is 0 Å². The average Bonchev–Trinajstić information content (AvgIpc) is 3.14. The molecule has 168 valence electrons. The number of rotatable bonds is 7. The number of aliphatic imine (C=N–C) groups is 1. The zero-order chi connectivity index (χ0) is 23.2. The van der Waals surface area contributed by atoms with Crippen molar-refractivity contribution in [1.29, 1.82) is 0 Å². The first-order valence-corrected chi connectivity index (χ1v) is 12.6. The molecule has 0 aliphatic carbocycles. The van der Waals surface area contributed by atoms with Gasteiger partial charge in [0.25, 0.3) is 5.91 Å². The van der Waals surface area contributed by atoms with E-state index in [1.807, 2.05) is 79.7 Å². The maximum Gasteiger partial charge on any atom is 0.264 e. The number of hydrogen-bond donors (Lipinski definition) is 1. The van der Waals surface area contributed by atoms with Crippen LogP contribution in [0.4, 0.5) is 5.69 Å². The highest BCUT2D eigenvalue weighted by atomic mass is 79.9. The number of benzene rings is 3. The van der Waals surface area contributed by atoms with E-state index in [-0.39, 0.29) is 5.91 Å². The van der Waals surface area contributed by atoms with Crippen molar-refractivity contribution in [3.63, 3.8) is 0 Å². The first-order valence-electron chi connectivity index (χ1n) is 10.2. The molecule has 0 radical (unpaired) electrons.